The summed E-state index contributed by atoms with van der Waals surface area (Å²) in [6, 6.07) is 9.72. The molecule has 5 heteroatoms. The molecule has 0 amide bonds. The van der Waals surface area contributed by atoms with Crippen molar-refractivity contribution in [2.75, 3.05) is 0 Å². The van der Waals surface area contributed by atoms with Crippen molar-refractivity contribution >= 4 is 28.8 Å². The van der Waals surface area contributed by atoms with Crippen molar-refractivity contribution in [1.82, 2.24) is 14.6 Å². The molecule has 0 unspecified atom stereocenters. The number of benzene rings is 1. The second-order valence-corrected chi connectivity index (χ2v) is 4.76. The van der Waals surface area contributed by atoms with Gasteiger partial charge in [-0.3, -0.25) is 0 Å². The van der Waals surface area contributed by atoms with Crippen LogP contribution < -0.4 is 0 Å². The molecule has 0 aliphatic rings. The smallest absolute Gasteiger partial charge is 0.158 e. The van der Waals surface area contributed by atoms with E-state index in [1.165, 1.54) is 0 Å². The van der Waals surface area contributed by atoms with Gasteiger partial charge < -0.3 is 0 Å². The van der Waals surface area contributed by atoms with Gasteiger partial charge in [0, 0.05) is 6.07 Å². The van der Waals surface area contributed by atoms with Gasteiger partial charge in [0.05, 0.1) is 11.8 Å². The molecule has 0 radical (unpaired) electrons. The third-order valence-corrected chi connectivity index (χ3v) is 3.36. The first kappa shape index (κ1) is 11.5. The van der Waals surface area contributed by atoms with Crippen LogP contribution in [0.4, 0.5) is 0 Å². The molecule has 0 saturated carbocycles. The van der Waals surface area contributed by atoms with Crippen LogP contribution in [-0.2, 0) is 0 Å². The molecule has 2 heterocycles. The van der Waals surface area contributed by atoms with Crippen molar-refractivity contribution in [2.24, 2.45) is 0 Å². The van der Waals surface area contributed by atoms with Gasteiger partial charge in [0.2, 0.25) is 0 Å². The Hall–Kier alpha value is -1.58. The molecule has 1 aromatic carbocycles. The first-order valence-corrected chi connectivity index (χ1v) is 6.18. The Kier molecular flexibility index (Phi) is 2.73. The van der Waals surface area contributed by atoms with Crippen molar-refractivity contribution in [3.8, 4) is 11.1 Å². The number of nitrogens with zero attached hydrogens (tertiary/aromatic N) is 3. The predicted octanol–water partition coefficient (Wildman–Crippen LogP) is 4.01. The third kappa shape index (κ3) is 1.76. The lowest BCUT2D eigenvalue weighted by Crippen LogP contribution is -1.96. The zero-order valence-corrected chi connectivity index (χ0v) is 11.1. The SMILES string of the molecule is Cc1cccc(-c2c(Cl)nc3ccnn3c2Cl)c1. The van der Waals surface area contributed by atoms with Crippen molar-refractivity contribution in [2.45, 2.75) is 6.92 Å². The van der Waals surface area contributed by atoms with Crippen LogP contribution in [0.2, 0.25) is 10.3 Å². The molecule has 90 valence electrons. The summed E-state index contributed by atoms with van der Waals surface area (Å²) in [6.45, 7) is 2.02. The van der Waals surface area contributed by atoms with E-state index in [9.17, 15) is 0 Å². The van der Waals surface area contributed by atoms with Gasteiger partial charge in [-0.15, -0.1) is 0 Å². The van der Waals surface area contributed by atoms with Gasteiger partial charge in [-0.05, 0) is 12.5 Å². The lowest BCUT2D eigenvalue weighted by molar-refractivity contribution is 0.942. The van der Waals surface area contributed by atoms with Crippen molar-refractivity contribution < 1.29 is 0 Å². The van der Waals surface area contributed by atoms with Crippen LogP contribution in [-0.4, -0.2) is 14.6 Å². The van der Waals surface area contributed by atoms with Crippen LogP contribution in [0.5, 0.6) is 0 Å². The summed E-state index contributed by atoms with van der Waals surface area (Å²) in [5.74, 6) is 0. The Morgan fingerprint density at radius 3 is 2.78 bits per heavy atom. The molecule has 3 nitrogen and oxygen atoms in total. The van der Waals surface area contributed by atoms with Gasteiger partial charge in [0.1, 0.15) is 10.3 Å². The number of fused-ring (bicyclic) bond motifs is 1. The van der Waals surface area contributed by atoms with E-state index in [1.54, 1.807) is 16.8 Å². The summed E-state index contributed by atoms with van der Waals surface area (Å²) in [6.07, 6.45) is 1.64. The molecule has 0 N–H and O–H groups in total. The van der Waals surface area contributed by atoms with Gasteiger partial charge in [0.15, 0.2) is 5.65 Å². The molecule has 3 aromatic rings. The molecule has 0 aliphatic carbocycles. The van der Waals surface area contributed by atoms with Crippen LogP contribution in [0.25, 0.3) is 16.8 Å². The number of halogens is 2. The van der Waals surface area contributed by atoms with Crippen molar-refractivity contribution in [3.05, 3.63) is 52.4 Å². The second kappa shape index (κ2) is 4.26. The zero-order valence-electron chi connectivity index (χ0n) is 9.56. The number of rotatable bonds is 1. The summed E-state index contributed by atoms with van der Waals surface area (Å²) in [5, 5.41) is 4.99. The average Bonchev–Trinajstić information content (AvgIpc) is 2.77. The first-order valence-electron chi connectivity index (χ1n) is 5.42. The van der Waals surface area contributed by atoms with Gasteiger partial charge in [-0.25, -0.2) is 9.50 Å². The van der Waals surface area contributed by atoms with E-state index in [0.717, 1.165) is 11.1 Å². The maximum absolute atomic E-state index is 6.35. The molecule has 0 bridgehead atoms. The topological polar surface area (TPSA) is 30.2 Å². The molecule has 0 atom stereocenters. The predicted molar refractivity (Wildman–Crippen MR) is 73.2 cm³/mol. The minimum Gasteiger partial charge on any atom is -0.216 e. The summed E-state index contributed by atoms with van der Waals surface area (Å²) >= 11 is 12.6. The highest BCUT2D eigenvalue weighted by molar-refractivity contribution is 6.38. The second-order valence-electron chi connectivity index (χ2n) is 4.04. The number of aryl methyl sites for hydroxylation is 1. The van der Waals surface area contributed by atoms with Crippen LogP contribution in [0.1, 0.15) is 5.56 Å². The molecule has 0 aliphatic heterocycles. The van der Waals surface area contributed by atoms with Crippen LogP contribution in [0.3, 0.4) is 0 Å². The van der Waals surface area contributed by atoms with Gasteiger partial charge >= 0.3 is 0 Å². The molecule has 3 rings (SSSR count). The largest absolute Gasteiger partial charge is 0.216 e. The summed E-state index contributed by atoms with van der Waals surface area (Å²) in [5.41, 5.74) is 3.43. The van der Waals surface area contributed by atoms with Crippen LogP contribution in [0, 0.1) is 6.92 Å². The first-order chi connectivity index (χ1) is 8.66. The lowest BCUT2D eigenvalue weighted by atomic mass is 10.1. The van der Waals surface area contributed by atoms with E-state index in [-0.39, 0.29) is 0 Å². The van der Waals surface area contributed by atoms with E-state index in [2.05, 4.69) is 10.1 Å². The maximum Gasteiger partial charge on any atom is 0.158 e. The fraction of sp³-hybridized carbons (Fsp3) is 0.0769. The summed E-state index contributed by atoms with van der Waals surface area (Å²) < 4.78 is 1.57. The summed E-state index contributed by atoms with van der Waals surface area (Å²) in [4.78, 5) is 4.28. The standard InChI is InChI=1S/C13H9Cl2N3/c1-8-3-2-4-9(7-8)11-12(14)17-10-5-6-16-18(10)13(11)15/h2-7H,1H3. The normalized spacial score (nSPS) is 11.1. The van der Waals surface area contributed by atoms with E-state index in [4.69, 9.17) is 23.2 Å². The molecule has 18 heavy (non-hydrogen) atoms. The third-order valence-electron chi connectivity index (χ3n) is 2.74. The fourth-order valence-corrected chi connectivity index (χ4v) is 2.58. The van der Waals surface area contributed by atoms with E-state index in [1.807, 2.05) is 31.2 Å². The molecular weight excluding hydrogens is 269 g/mol. The summed E-state index contributed by atoms with van der Waals surface area (Å²) in [7, 11) is 0. The van der Waals surface area contributed by atoms with Crippen LogP contribution >= 0.6 is 23.2 Å². The van der Waals surface area contributed by atoms with Gasteiger partial charge in [0.25, 0.3) is 0 Å². The number of hydrogen-bond donors (Lipinski definition) is 0. The molecule has 0 spiro atoms. The maximum atomic E-state index is 6.35. The Balaban J connectivity index is 2.34. The fourth-order valence-electron chi connectivity index (χ4n) is 1.92. The van der Waals surface area contributed by atoms with E-state index in [0.29, 0.717) is 21.5 Å². The Morgan fingerprint density at radius 1 is 1.17 bits per heavy atom. The zero-order chi connectivity index (χ0) is 12.7. The van der Waals surface area contributed by atoms with E-state index < -0.39 is 0 Å². The Bertz CT molecular complexity index is 734. The van der Waals surface area contributed by atoms with Gasteiger partial charge in [-0.2, -0.15) is 5.10 Å². The molecule has 0 fully saturated rings. The van der Waals surface area contributed by atoms with Crippen molar-refractivity contribution in [1.29, 1.82) is 0 Å². The minimum absolute atomic E-state index is 0.388. The van der Waals surface area contributed by atoms with Crippen LogP contribution in [0.15, 0.2) is 36.5 Å². The quantitative estimate of drug-likeness (QED) is 0.629. The average molecular weight is 278 g/mol. The minimum atomic E-state index is 0.388. The highest BCUT2D eigenvalue weighted by Gasteiger charge is 2.14. The Labute approximate surface area is 114 Å². The molecular formula is C13H9Cl2N3. The Morgan fingerprint density at radius 2 is 2.00 bits per heavy atom. The van der Waals surface area contributed by atoms with Crippen molar-refractivity contribution in [3.63, 3.8) is 0 Å². The molecule has 0 saturated heterocycles. The number of hydrogen-bond acceptors (Lipinski definition) is 2. The highest BCUT2D eigenvalue weighted by Crippen LogP contribution is 2.34. The monoisotopic (exact) mass is 277 g/mol. The van der Waals surface area contributed by atoms with Gasteiger partial charge in [-0.1, -0.05) is 53.0 Å². The lowest BCUT2D eigenvalue weighted by Gasteiger charge is -2.08. The molecule has 2 aromatic heterocycles. The highest BCUT2D eigenvalue weighted by atomic mass is 35.5. The number of aromatic nitrogens is 3. The van der Waals surface area contributed by atoms with E-state index >= 15 is 0 Å².